The van der Waals surface area contributed by atoms with Crippen LogP contribution in [-0.4, -0.2) is 42.7 Å². The van der Waals surface area contributed by atoms with Gasteiger partial charge >= 0.3 is 5.76 Å². The van der Waals surface area contributed by atoms with Crippen molar-refractivity contribution in [2.24, 2.45) is 17.6 Å². The summed E-state index contributed by atoms with van der Waals surface area (Å²) < 4.78 is 6.96. The van der Waals surface area contributed by atoms with Crippen molar-refractivity contribution in [3.63, 3.8) is 0 Å². The fourth-order valence-electron chi connectivity index (χ4n) is 5.01. The molecule has 0 spiro atoms. The van der Waals surface area contributed by atoms with Gasteiger partial charge in [0, 0.05) is 37.1 Å². The van der Waals surface area contributed by atoms with Crippen molar-refractivity contribution in [2.45, 2.75) is 45.6 Å². The van der Waals surface area contributed by atoms with E-state index < -0.39 is 5.76 Å². The number of rotatable bonds is 7. The van der Waals surface area contributed by atoms with Gasteiger partial charge in [0.1, 0.15) is 5.69 Å². The maximum Gasteiger partial charge on any atom is 0.439 e. The lowest BCUT2D eigenvalue weighted by Crippen LogP contribution is -2.24. The van der Waals surface area contributed by atoms with E-state index in [1.54, 1.807) is 12.4 Å². The third kappa shape index (κ3) is 4.68. The molecular weight excluding hydrogens is 468 g/mol. The molecule has 4 aromatic rings. The molecule has 1 atom stereocenters. The molecule has 10 nitrogen and oxygen atoms in total. The average molecular weight is 497 g/mol. The van der Waals surface area contributed by atoms with E-state index in [9.17, 15) is 4.79 Å². The normalized spacial score (nSPS) is 19.2. The Balaban J connectivity index is 1.74. The van der Waals surface area contributed by atoms with Crippen molar-refractivity contribution in [2.75, 3.05) is 18.4 Å². The molecule has 5 rings (SSSR count). The first kappa shape index (κ1) is 23.5. The van der Waals surface area contributed by atoms with Crippen LogP contribution >= 0.6 is 11.6 Å². The van der Waals surface area contributed by atoms with Crippen LogP contribution in [0.5, 0.6) is 0 Å². The number of halogens is 1. The molecule has 1 saturated carbocycles. The minimum atomic E-state index is -0.649. The van der Waals surface area contributed by atoms with Crippen molar-refractivity contribution in [3.05, 3.63) is 40.1 Å². The number of nitrogens with two attached hydrogens (primary N) is 1. The van der Waals surface area contributed by atoms with Gasteiger partial charge in [0.05, 0.1) is 21.7 Å². The molecule has 0 radical (unpaired) electrons. The van der Waals surface area contributed by atoms with Crippen molar-refractivity contribution in [1.29, 1.82) is 0 Å². The molecule has 0 saturated heterocycles. The number of anilines is 1. The Morgan fingerprint density at radius 1 is 1.26 bits per heavy atom. The quantitative estimate of drug-likeness (QED) is 0.345. The van der Waals surface area contributed by atoms with E-state index in [-0.39, 0.29) is 11.9 Å². The highest BCUT2D eigenvalue weighted by Gasteiger charge is 2.29. The van der Waals surface area contributed by atoms with Crippen molar-refractivity contribution < 1.29 is 4.52 Å². The number of hydrogen-bond acceptors (Lipinski definition) is 8. The van der Waals surface area contributed by atoms with E-state index >= 15 is 0 Å². The minimum absolute atomic E-state index is 0.179. The summed E-state index contributed by atoms with van der Waals surface area (Å²) in [7, 11) is 0. The Hall–Kier alpha value is -3.24. The number of aromatic nitrogens is 6. The van der Waals surface area contributed by atoms with Crippen molar-refractivity contribution in [3.8, 4) is 22.8 Å². The molecule has 1 fully saturated rings. The molecule has 35 heavy (non-hydrogen) atoms. The van der Waals surface area contributed by atoms with Crippen LogP contribution in [0.1, 0.15) is 45.6 Å². The number of nitrogens with one attached hydrogen (secondary N) is 2. The first-order valence-electron chi connectivity index (χ1n) is 12.0. The molecule has 0 bridgehead atoms. The molecule has 0 aliphatic heterocycles. The Bertz CT molecular complexity index is 1390. The second kappa shape index (κ2) is 9.79. The number of nitrogens with zero attached hydrogens (tertiary/aromatic N) is 5. The summed E-state index contributed by atoms with van der Waals surface area (Å²) in [6.07, 6.45) is 8.08. The Kier molecular flexibility index (Phi) is 6.57. The van der Waals surface area contributed by atoms with Gasteiger partial charge in [-0.3, -0.25) is 14.5 Å². The summed E-state index contributed by atoms with van der Waals surface area (Å²) in [6, 6.07) is 3.81. The van der Waals surface area contributed by atoms with E-state index in [0.29, 0.717) is 40.9 Å². The van der Waals surface area contributed by atoms with Crippen LogP contribution in [0.15, 0.2) is 33.8 Å². The molecular formula is C24H29ClN8O2. The van der Waals surface area contributed by atoms with Crippen LogP contribution in [0.25, 0.3) is 33.8 Å². The predicted octanol–water partition coefficient (Wildman–Crippen LogP) is 4.25. The van der Waals surface area contributed by atoms with Gasteiger partial charge in [-0.25, -0.2) is 14.8 Å². The Morgan fingerprint density at radius 2 is 2.06 bits per heavy atom. The lowest BCUT2D eigenvalue weighted by atomic mass is 9.79. The predicted molar refractivity (Wildman–Crippen MR) is 135 cm³/mol. The molecule has 1 aliphatic rings. The standard InChI is InChI=1S/C24H29ClN8O2/c1-13-3-5-15(6-4-13)14(2)33-21-18(30-23(33)28-8-7-26)10-19(22-31-24(34)35-32-22)29-20(21)16-9-17(25)12-27-11-16/h9-15H,3-8,26H2,1-2H3,(H,28,30)(H,31,32,34). The monoisotopic (exact) mass is 496 g/mol. The zero-order chi connectivity index (χ0) is 24.5. The maximum absolute atomic E-state index is 11.6. The van der Waals surface area contributed by atoms with Crippen LogP contribution in [0.2, 0.25) is 5.02 Å². The van der Waals surface area contributed by atoms with E-state index in [1.807, 2.05) is 12.1 Å². The second-order valence-electron chi connectivity index (χ2n) is 9.34. The fourth-order valence-corrected chi connectivity index (χ4v) is 5.18. The van der Waals surface area contributed by atoms with Gasteiger partial charge < -0.3 is 15.6 Å². The van der Waals surface area contributed by atoms with E-state index in [1.165, 1.54) is 12.8 Å². The first-order chi connectivity index (χ1) is 16.9. The van der Waals surface area contributed by atoms with E-state index in [4.69, 9.17) is 31.8 Å². The lowest BCUT2D eigenvalue weighted by molar-refractivity contribution is 0.228. The van der Waals surface area contributed by atoms with Crippen LogP contribution in [0, 0.1) is 11.8 Å². The number of fused-ring (bicyclic) bond motifs is 1. The third-order valence-electron chi connectivity index (χ3n) is 6.91. The molecule has 1 aliphatic carbocycles. The van der Waals surface area contributed by atoms with Crippen LogP contribution in [-0.2, 0) is 0 Å². The second-order valence-corrected chi connectivity index (χ2v) is 9.78. The number of imidazole rings is 1. The molecule has 4 N–H and O–H groups in total. The SMILES string of the molecule is CC1CCC(C(C)n2c(NCCN)nc3cc(-c4noc(=O)[nH]4)nc(-c4cncc(Cl)c4)c32)CC1. The van der Waals surface area contributed by atoms with Gasteiger partial charge in [-0.2, -0.15) is 0 Å². The summed E-state index contributed by atoms with van der Waals surface area (Å²) in [4.78, 5) is 28.3. The Morgan fingerprint density at radius 3 is 2.74 bits per heavy atom. The highest BCUT2D eigenvalue weighted by atomic mass is 35.5. The molecule has 1 unspecified atom stereocenters. The topological polar surface area (TPSA) is 141 Å². The van der Waals surface area contributed by atoms with Crippen LogP contribution in [0.3, 0.4) is 0 Å². The number of H-pyrrole nitrogens is 1. The summed E-state index contributed by atoms with van der Waals surface area (Å²) in [6.45, 7) is 5.64. The van der Waals surface area contributed by atoms with E-state index in [2.05, 4.69) is 38.9 Å². The smallest absolute Gasteiger partial charge is 0.354 e. The first-order valence-corrected chi connectivity index (χ1v) is 12.4. The van der Waals surface area contributed by atoms with Gasteiger partial charge in [-0.1, -0.05) is 36.5 Å². The molecule has 4 aromatic heterocycles. The zero-order valence-electron chi connectivity index (χ0n) is 19.8. The maximum atomic E-state index is 11.6. The van der Waals surface area contributed by atoms with Gasteiger partial charge in [0.25, 0.3) is 0 Å². The number of pyridine rings is 2. The van der Waals surface area contributed by atoms with Gasteiger partial charge in [0.15, 0.2) is 0 Å². The highest BCUT2D eigenvalue weighted by molar-refractivity contribution is 6.30. The largest absolute Gasteiger partial charge is 0.439 e. The summed E-state index contributed by atoms with van der Waals surface area (Å²) >= 11 is 6.30. The zero-order valence-corrected chi connectivity index (χ0v) is 20.5. The van der Waals surface area contributed by atoms with Gasteiger partial charge in [-0.05, 0) is 43.7 Å². The molecule has 0 amide bonds. The minimum Gasteiger partial charge on any atom is -0.354 e. The third-order valence-corrected chi connectivity index (χ3v) is 7.11. The Labute approximate surface area is 207 Å². The fraction of sp³-hybridized carbons (Fsp3) is 0.458. The molecule has 4 heterocycles. The van der Waals surface area contributed by atoms with E-state index in [0.717, 1.165) is 35.8 Å². The summed E-state index contributed by atoms with van der Waals surface area (Å²) in [5.74, 6) is 1.59. The lowest BCUT2D eigenvalue weighted by Gasteiger charge is -2.32. The van der Waals surface area contributed by atoms with Crippen LogP contribution < -0.4 is 16.8 Å². The van der Waals surface area contributed by atoms with Crippen molar-refractivity contribution >= 4 is 28.6 Å². The van der Waals surface area contributed by atoms with Gasteiger partial charge in [-0.15, -0.1) is 0 Å². The average Bonchev–Trinajstić information content (AvgIpc) is 3.45. The molecule has 11 heteroatoms. The van der Waals surface area contributed by atoms with Crippen molar-refractivity contribution in [1.82, 2.24) is 29.7 Å². The number of hydrogen-bond donors (Lipinski definition) is 3. The van der Waals surface area contributed by atoms with Crippen LogP contribution in [0.4, 0.5) is 5.95 Å². The van der Waals surface area contributed by atoms with Gasteiger partial charge in [0.2, 0.25) is 11.8 Å². The summed E-state index contributed by atoms with van der Waals surface area (Å²) in [5, 5.41) is 7.73. The highest BCUT2D eigenvalue weighted by Crippen LogP contribution is 2.41. The molecule has 184 valence electrons. The molecule has 0 aromatic carbocycles. The number of aromatic amines is 1. The summed E-state index contributed by atoms with van der Waals surface area (Å²) in [5.41, 5.74) is 9.22.